The number of carbonyl (C=O) groups is 1. The molecule has 0 saturated heterocycles. The topological polar surface area (TPSA) is 70.7 Å². The van der Waals surface area contributed by atoms with E-state index in [0.29, 0.717) is 12.1 Å². The van der Waals surface area contributed by atoms with Crippen LogP contribution in [0.5, 0.6) is 0 Å². The van der Waals surface area contributed by atoms with Gasteiger partial charge in [0.15, 0.2) is 0 Å². The molecule has 0 atom stereocenters. The average Bonchev–Trinajstić information content (AvgIpc) is 2.81. The van der Waals surface area contributed by atoms with E-state index in [0.717, 1.165) is 5.56 Å². The van der Waals surface area contributed by atoms with Gasteiger partial charge in [-0.15, -0.1) is 0 Å². The standard InChI is InChI=1S/C10H10N4O/c15-10(9-6-13-14-7-9)12-5-8-2-1-3-11-4-8/h1-4,6-7H,5H2,(H,12,15)(H,13,14). The van der Waals surface area contributed by atoms with Gasteiger partial charge in [0.25, 0.3) is 5.91 Å². The number of nitrogens with one attached hydrogen (secondary N) is 2. The normalized spacial score (nSPS) is 9.87. The zero-order valence-corrected chi connectivity index (χ0v) is 7.97. The lowest BCUT2D eigenvalue weighted by Crippen LogP contribution is -2.22. The first-order valence-corrected chi connectivity index (χ1v) is 4.52. The van der Waals surface area contributed by atoms with Gasteiger partial charge < -0.3 is 5.32 Å². The summed E-state index contributed by atoms with van der Waals surface area (Å²) < 4.78 is 0. The summed E-state index contributed by atoms with van der Waals surface area (Å²) in [5, 5.41) is 9.05. The van der Waals surface area contributed by atoms with Crippen LogP contribution >= 0.6 is 0 Å². The molecule has 15 heavy (non-hydrogen) atoms. The van der Waals surface area contributed by atoms with E-state index in [-0.39, 0.29) is 5.91 Å². The largest absolute Gasteiger partial charge is 0.348 e. The van der Waals surface area contributed by atoms with Crippen molar-refractivity contribution in [3.05, 3.63) is 48.0 Å². The molecule has 2 rings (SSSR count). The molecule has 0 aliphatic heterocycles. The number of carbonyl (C=O) groups excluding carboxylic acids is 1. The summed E-state index contributed by atoms with van der Waals surface area (Å²) in [5.41, 5.74) is 1.49. The lowest BCUT2D eigenvalue weighted by Gasteiger charge is -2.02. The van der Waals surface area contributed by atoms with E-state index < -0.39 is 0 Å². The third-order valence-corrected chi connectivity index (χ3v) is 1.94. The van der Waals surface area contributed by atoms with Crippen LogP contribution in [-0.2, 0) is 6.54 Å². The minimum Gasteiger partial charge on any atom is -0.348 e. The van der Waals surface area contributed by atoms with E-state index in [4.69, 9.17) is 0 Å². The molecule has 0 spiro atoms. The number of hydrogen-bond donors (Lipinski definition) is 2. The molecule has 0 fully saturated rings. The van der Waals surface area contributed by atoms with Gasteiger partial charge in [0.05, 0.1) is 11.8 Å². The molecular formula is C10H10N4O. The van der Waals surface area contributed by atoms with Gasteiger partial charge >= 0.3 is 0 Å². The predicted molar refractivity (Wildman–Crippen MR) is 54.0 cm³/mol. The fourth-order valence-electron chi connectivity index (χ4n) is 1.16. The SMILES string of the molecule is O=C(NCc1cccnc1)c1cn[nH]c1. The smallest absolute Gasteiger partial charge is 0.254 e. The molecule has 0 aliphatic carbocycles. The van der Waals surface area contributed by atoms with Crippen LogP contribution in [0.15, 0.2) is 36.9 Å². The monoisotopic (exact) mass is 202 g/mol. The first-order valence-electron chi connectivity index (χ1n) is 4.52. The molecule has 76 valence electrons. The van der Waals surface area contributed by atoms with Crippen LogP contribution in [0.3, 0.4) is 0 Å². The van der Waals surface area contributed by atoms with E-state index in [1.807, 2.05) is 12.1 Å². The molecule has 0 bridgehead atoms. The van der Waals surface area contributed by atoms with Gasteiger partial charge in [-0.3, -0.25) is 14.9 Å². The highest BCUT2D eigenvalue weighted by Crippen LogP contribution is 1.97. The molecule has 0 saturated carbocycles. The molecule has 0 aliphatic rings. The van der Waals surface area contributed by atoms with E-state index in [2.05, 4.69) is 20.5 Å². The Morgan fingerprint density at radius 3 is 3.07 bits per heavy atom. The minimum atomic E-state index is -0.146. The fourth-order valence-corrected chi connectivity index (χ4v) is 1.16. The molecule has 5 heteroatoms. The zero-order valence-electron chi connectivity index (χ0n) is 7.97. The third-order valence-electron chi connectivity index (χ3n) is 1.94. The number of aromatic amines is 1. The second-order valence-electron chi connectivity index (χ2n) is 3.03. The van der Waals surface area contributed by atoms with Crippen molar-refractivity contribution in [1.29, 1.82) is 0 Å². The van der Waals surface area contributed by atoms with E-state index in [1.165, 1.54) is 6.20 Å². The van der Waals surface area contributed by atoms with Gasteiger partial charge in [-0.1, -0.05) is 6.07 Å². The first-order chi connectivity index (χ1) is 7.36. The molecule has 0 radical (unpaired) electrons. The van der Waals surface area contributed by atoms with Crippen molar-refractivity contribution in [2.75, 3.05) is 0 Å². The first kappa shape index (κ1) is 9.39. The Labute approximate surface area is 86.5 Å². The highest BCUT2D eigenvalue weighted by Gasteiger charge is 2.05. The van der Waals surface area contributed by atoms with Crippen molar-refractivity contribution >= 4 is 5.91 Å². The molecule has 2 aromatic heterocycles. The third kappa shape index (κ3) is 2.40. The van der Waals surface area contributed by atoms with Crippen LogP contribution in [0.2, 0.25) is 0 Å². The van der Waals surface area contributed by atoms with Crippen LogP contribution in [0, 0.1) is 0 Å². The summed E-state index contributed by atoms with van der Waals surface area (Å²) in [6.45, 7) is 0.470. The van der Waals surface area contributed by atoms with Gasteiger partial charge in [0.1, 0.15) is 0 Å². The summed E-state index contributed by atoms with van der Waals surface area (Å²) in [6.07, 6.45) is 6.45. The maximum atomic E-state index is 11.5. The van der Waals surface area contributed by atoms with Crippen molar-refractivity contribution in [3.8, 4) is 0 Å². The van der Waals surface area contributed by atoms with Crippen LogP contribution in [0.25, 0.3) is 0 Å². The number of amides is 1. The number of hydrogen-bond acceptors (Lipinski definition) is 3. The van der Waals surface area contributed by atoms with E-state index in [1.54, 1.807) is 18.6 Å². The summed E-state index contributed by atoms with van der Waals surface area (Å²) in [6, 6.07) is 3.74. The lowest BCUT2D eigenvalue weighted by molar-refractivity contribution is 0.0951. The molecule has 2 heterocycles. The number of rotatable bonds is 3. The second-order valence-corrected chi connectivity index (χ2v) is 3.03. The van der Waals surface area contributed by atoms with Crippen molar-refractivity contribution in [2.45, 2.75) is 6.54 Å². The van der Waals surface area contributed by atoms with Gasteiger partial charge in [-0.25, -0.2) is 0 Å². The second kappa shape index (κ2) is 4.36. The number of nitrogens with zero attached hydrogens (tertiary/aromatic N) is 2. The van der Waals surface area contributed by atoms with Gasteiger partial charge in [-0.05, 0) is 11.6 Å². The van der Waals surface area contributed by atoms with Gasteiger partial charge in [0, 0.05) is 25.1 Å². The quantitative estimate of drug-likeness (QED) is 0.771. The average molecular weight is 202 g/mol. The Bertz CT molecular complexity index is 424. The Morgan fingerprint density at radius 1 is 1.47 bits per heavy atom. The van der Waals surface area contributed by atoms with Crippen LogP contribution < -0.4 is 5.32 Å². The molecule has 0 aromatic carbocycles. The molecule has 5 nitrogen and oxygen atoms in total. The fraction of sp³-hybridized carbons (Fsp3) is 0.100. The van der Waals surface area contributed by atoms with Gasteiger partial charge in [0.2, 0.25) is 0 Å². The maximum Gasteiger partial charge on any atom is 0.254 e. The maximum absolute atomic E-state index is 11.5. The summed E-state index contributed by atoms with van der Waals surface area (Å²) in [5.74, 6) is -0.146. The van der Waals surface area contributed by atoms with E-state index >= 15 is 0 Å². The minimum absolute atomic E-state index is 0.146. The van der Waals surface area contributed by atoms with Crippen molar-refractivity contribution in [1.82, 2.24) is 20.5 Å². The highest BCUT2D eigenvalue weighted by atomic mass is 16.1. The number of aromatic nitrogens is 3. The highest BCUT2D eigenvalue weighted by molar-refractivity contribution is 5.93. The van der Waals surface area contributed by atoms with Crippen LogP contribution in [-0.4, -0.2) is 21.1 Å². The predicted octanol–water partition coefficient (Wildman–Crippen LogP) is 0.735. The summed E-state index contributed by atoms with van der Waals surface area (Å²) in [7, 11) is 0. The zero-order chi connectivity index (χ0) is 10.5. The Hall–Kier alpha value is -2.17. The molecule has 2 N–H and O–H groups in total. The number of H-pyrrole nitrogens is 1. The summed E-state index contributed by atoms with van der Waals surface area (Å²) in [4.78, 5) is 15.4. The summed E-state index contributed by atoms with van der Waals surface area (Å²) >= 11 is 0. The Balaban J connectivity index is 1.92. The van der Waals surface area contributed by atoms with Crippen molar-refractivity contribution in [2.24, 2.45) is 0 Å². The van der Waals surface area contributed by atoms with Crippen molar-refractivity contribution in [3.63, 3.8) is 0 Å². The molecule has 0 unspecified atom stereocenters. The Kier molecular flexibility index (Phi) is 2.73. The van der Waals surface area contributed by atoms with Crippen LogP contribution in [0.4, 0.5) is 0 Å². The lowest BCUT2D eigenvalue weighted by atomic mass is 10.2. The van der Waals surface area contributed by atoms with E-state index in [9.17, 15) is 4.79 Å². The van der Waals surface area contributed by atoms with Crippen molar-refractivity contribution < 1.29 is 4.79 Å². The Morgan fingerprint density at radius 2 is 2.40 bits per heavy atom. The molecule has 2 aromatic rings. The van der Waals surface area contributed by atoms with Crippen LogP contribution in [0.1, 0.15) is 15.9 Å². The molecule has 1 amide bonds. The molecular weight excluding hydrogens is 192 g/mol. The van der Waals surface area contributed by atoms with Gasteiger partial charge in [-0.2, -0.15) is 5.10 Å². The number of pyridine rings is 1.